The van der Waals surface area contributed by atoms with Gasteiger partial charge in [0.25, 0.3) is 0 Å². The third-order valence-electron chi connectivity index (χ3n) is 3.62. The van der Waals surface area contributed by atoms with E-state index in [-0.39, 0.29) is 12.3 Å². The first-order chi connectivity index (χ1) is 12.0. The molecule has 8 heteroatoms. The Morgan fingerprint density at radius 1 is 1.32 bits per heavy atom. The van der Waals surface area contributed by atoms with Crippen LogP contribution in [0, 0.1) is 10.1 Å². The van der Waals surface area contributed by atoms with Gasteiger partial charge in [-0.05, 0) is 23.8 Å². The first-order valence-electron chi connectivity index (χ1n) is 7.39. The molecule has 0 aliphatic rings. The number of carbonyl (C=O) groups is 1. The van der Waals surface area contributed by atoms with Crippen molar-refractivity contribution in [1.82, 2.24) is 10.4 Å². The summed E-state index contributed by atoms with van der Waals surface area (Å²) >= 11 is 0. The van der Waals surface area contributed by atoms with Crippen molar-refractivity contribution in [3.8, 4) is 5.75 Å². The van der Waals surface area contributed by atoms with E-state index < -0.39 is 16.4 Å². The molecule has 1 amide bonds. The molecule has 0 aliphatic heterocycles. The van der Waals surface area contributed by atoms with Crippen LogP contribution in [0.15, 0.2) is 53.8 Å². The number of phenolic OH excluding ortho intramolecular Hbond substituents is 1. The van der Waals surface area contributed by atoms with E-state index in [2.05, 4.69) is 15.5 Å². The summed E-state index contributed by atoms with van der Waals surface area (Å²) in [7, 11) is 0. The van der Waals surface area contributed by atoms with Gasteiger partial charge in [0.1, 0.15) is 0 Å². The fourth-order valence-corrected chi connectivity index (χ4v) is 2.44. The minimum atomic E-state index is -0.692. The number of rotatable bonds is 5. The van der Waals surface area contributed by atoms with Crippen LogP contribution >= 0.6 is 0 Å². The summed E-state index contributed by atoms with van der Waals surface area (Å²) in [5.41, 5.74) is 4.15. The van der Waals surface area contributed by atoms with E-state index in [4.69, 9.17) is 0 Å². The molecule has 0 unspecified atom stereocenters. The van der Waals surface area contributed by atoms with Crippen molar-refractivity contribution in [1.29, 1.82) is 0 Å². The van der Waals surface area contributed by atoms with Gasteiger partial charge in [-0.2, -0.15) is 5.10 Å². The molecule has 126 valence electrons. The molecule has 0 fully saturated rings. The zero-order chi connectivity index (χ0) is 17.8. The van der Waals surface area contributed by atoms with E-state index in [1.54, 1.807) is 6.20 Å². The first-order valence-corrected chi connectivity index (χ1v) is 7.39. The molecule has 0 bridgehead atoms. The zero-order valence-corrected chi connectivity index (χ0v) is 13.0. The number of nitrogens with one attached hydrogen (secondary N) is 2. The fourth-order valence-electron chi connectivity index (χ4n) is 2.44. The van der Waals surface area contributed by atoms with Crippen LogP contribution in [0.2, 0.25) is 0 Å². The maximum Gasteiger partial charge on any atom is 0.311 e. The van der Waals surface area contributed by atoms with Gasteiger partial charge in [0, 0.05) is 28.7 Å². The third-order valence-corrected chi connectivity index (χ3v) is 3.62. The van der Waals surface area contributed by atoms with Crippen molar-refractivity contribution in [2.24, 2.45) is 5.10 Å². The second-order valence-electron chi connectivity index (χ2n) is 5.33. The van der Waals surface area contributed by atoms with E-state index >= 15 is 0 Å². The maximum atomic E-state index is 12.0. The van der Waals surface area contributed by atoms with E-state index in [9.17, 15) is 20.0 Å². The average Bonchev–Trinajstić information content (AvgIpc) is 2.99. The minimum absolute atomic E-state index is 0.150. The fraction of sp³-hybridized carbons (Fsp3) is 0.0588. The number of fused-ring (bicyclic) bond motifs is 1. The van der Waals surface area contributed by atoms with Crippen LogP contribution < -0.4 is 5.43 Å². The molecule has 2 aromatic carbocycles. The summed E-state index contributed by atoms with van der Waals surface area (Å²) in [6, 6.07) is 11.5. The minimum Gasteiger partial charge on any atom is -0.502 e. The molecule has 0 saturated heterocycles. The Bertz CT molecular complexity index is 978. The van der Waals surface area contributed by atoms with Crippen molar-refractivity contribution < 1.29 is 14.8 Å². The number of hydrazone groups is 1. The standard InChI is InChI=1S/C17H14N4O4/c22-16-6-5-11(7-15(16)21(24)25)9-19-20-17(23)8-12-10-18-14-4-2-1-3-13(12)14/h1-7,9-10,18,22H,8H2,(H,20,23)/b19-9-. The molecule has 1 aromatic heterocycles. The largest absolute Gasteiger partial charge is 0.502 e. The van der Waals surface area contributed by atoms with E-state index in [0.29, 0.717) is 5.56 Å². The molecule has 1 heterocycles. The zero-order valence-electron chi connectivity index (χ0n) is 13.0. The molecule has 0 saturated carbocycles. The monoisotopic (exact) mass is 338 g/mol. The van der Waals surface area contributed by atoms with Crippen LogP contribution in [0.1, 0.15) is 11.1 Å². The van der Waals surface area contributed by atoms with Crippen LogP contribution in [0.5, 0.6) is 5.75 Å². The summed E-state index contributed by atoms with van der Waals surface area (Å²) in [4.78, 5) is 25.2. The van der Waals surface area contributed by atoms with E-state index in [1.165, 1.54) is 24.4 Å². The van der Waals surface area contributed by atoms with E-state index in [0.717, 1.165) is 16.5 Å². The highest BCUT2D eigenvalue weighted by Gasteiger charge is 2.13. The van der Waals surface area contributed by atoms with E-state index in [1.807, 2.05) is 24.3 Å². The number of phenols is 1. The molecule has 25 heavy (non-hydrogen) atoms. The number of aromatic nitrogens is 1. The highest BCUT2D eigenvalue weighted by molar-refractivity contribution is 5.89. The van der Waals surface area contributed by atoms with Crippen LogP contribution in [-0.4, -0.2) is 27.1 Å². The number of benzene rings is 2. The Hall–Kier alpha value is -3.68. The summed E-state index contributed by atoms with van der Waals surface area (Å²) in [6.45, 7) is 0. The second-order valence-corrected chi connectivity index (χ2v) is 5.33. The number of amides is 1. The lowest BCUT2D eigenvalue weighted by atomic mass is 10.1. The lowest BCUT2D eigenvalue weighted by Crippen LogP contribution is -2.19. The van der Waals surface area contributed by atoms with Crippen molar-refractivity contribution in [2.45, 2.75) is 6.42 Å². The van der Waals surface area contributed by atoms with Crippen molar-refractivity contribution in [2.75, 3.05) is 0 Å². The summed E-state index contributed by atoms with van der Waals surface area (Å²) in [5.74, 6) is -0.736. The van der Waals surface area contributed by atoms with Gasteiger partial charge in [0.15, 0.2) is 5.75 Å². The SMILES string of the molecule is O=C(Cc1c[nH]c2ccccc12)N/N=C\c1ccc(O)c([N+](=O)[O-])c1. The van der Waals surface area contributed by atoms with Gasteiger partial charge in [-0.3, -0.25) is 14.9 Å². The first kappa shape index (κ1) is 16.2. The average molecular weight is 338 g/mol. The van der Waals surface area contributed by atoms with Crippen LogP contribution in [-0.2, 0) is 11.2 Å². The van der Waals surface area contributed by atoms with Crippen LogP contribution in [0.25, 0.3) is 10.9 Å². The molecule has 0 spiro atoms. The molecule has 0 radical (unpaired) electrons. The Balaban J connectivity index is 1.65. The third kappa shape index (κ3) is 3.63. The number of nitrogens with zero attached hydrogens (tertiary/aromatic N) is 2. The van der Waals surface area contributed by atoms with Gasteiger partial charge in [-0.1, -0.05) is 18.2 Å². The number of nitro benzene ring substituents is 1. The number of carbonyl (C=O) groups excluding carboxylic acids is 1. The molecule has 3 N–H and O–H groups in total. The quantitative estimate of drug-likeness (QED) is 0.376. The molecule has 3 aromatic rings. The Morgan fingerprint density at radius 2 is 2.12 bits per heavy atom. The molecule has 0 atom stereocenters. The molecule has 0 aliphatic carbocycles. The summed E-state index contributed by atoms with van der Waals surface area (Å²) in [6.07, 6.45) is 3.20. The van der Waals surface area contributed by atoms with Gasteiger partial charge in [0.2, 0.25) is 5.91 Å². The lowest BCUT2D eigenvalue weighted by Gasteiger charge is -2.00. The molecule has 3 rings (SSSR count). The summed E-state index contributed by atoms with van der Waals surface area (Å²) in [5, 5.41) is 24.9. The Morgan fingerprint density at radius 3 is 2.92 bits per heavy atom. The smallest absolute Gasteiger partial charge is 0.311 e. The number of hydrogen-bond acceptors (Lipinski definition) is 5. The van der Waals surface area contributed by atoms with Crippen LogP contribution in [0.3, 0.4) is 0 Å². The number of H-pyrrole nitrogens is 1. The number of hydrogen-bond donors (Lipinski definition) is 3. The number of aromatic hydroxyl groups is 1. The van der Waals surface area contributed by atoms with Gasteiger partial charge >= 0.3 is 5.69 Å². The Labute approximate surface area is 141 Å². The van der Waals surface area contributed by atoms with Gasteiger partial charge < -0.3 is 10.1 Å². The maximum absolute atomic E-state index is 12.0. The topological polar surface area (TPSA) is 121 Å². The predicted octanol–water partition coefficient (Wildman–Crippen LogP) is 2.47. The number of nitro groups is 1. The lowest BCUT2D eigenvalue weighted by molar-refractivity contribution is -0.385. The van der Waals surface area contributed by atoms with Crippen molar-refractivity contribution in [3.05, 3.63) is 69.9 Å². The highest BCUT2D eigenvalue weighted by atomic mass is 16.6. The Kier molecular flexibility index (Phi) is 4.42. The molecular weight excluding hydrogens is 324 g/mol. The van der Waals surface area contributed by atoms with Crippen molar-refractivity contribution >= 4 is 28.7 Å². The predicted molar refractivity (Wildman–Crippen MR) is 92.5 cm³/mol. The normalized spacial score (nSPS) is 11.0. The van der Waals surface area contributed by atoms with Crippen molar-refractivity contribution in [3.63, 3.8) is 0 Å². The molecule has 8 nitrogen and oxygen atoms in total. The highest BCUT2D eigenvalue weighted by Crippen LogP contribution is 2.25. The van der Waals surface area contributed by atoms with Gasteiger partial charge in [0.05, 0.1) is 17.6 Å². The molecular formula is C17H14N4O4. The summed E-state index contributed by atoms with van der Waals surface area (Å²) < 4.78 is 0. The van der Waals surface area contributed by atoms with Crippen LogP contribution in [0.4, 0.5) is 5.69 Å². The van der Waals surface area contributed by atoms with Gasteiger partial charge in [-0.15, -0.1) is 0 Å². The number of aromatic amines is 1. The second kappa shape index (κ2) is 6.83. The van der Waals surface area contributed by atoms with Gasteiger partial charge in [-0.25, -0.2) is 5.43 Å². The number of para-hydroxylation sites is 1.